The average Bonchev–Trinajstić information content (AvgIpc) is 1.87. The van der Waals surface area contributed by atoms with E-state index in [0.29, 0.717) is 0 Å². The van der Waals surface area contributed by atoms with Gasteiger partial charge in [0.05, 0.1) is 0 Å². The Balaban J connectivity index is 3.56. The summed E-state index contributed by atoms with van der Waals surface area (Å²) in [6, 6.07) is 0. The monoisotopic (exact) mass is 159 g/mol. The minimum atomic E-state index is -0.198. The Hall–Kier alpha value is -0.900. The van der Waals surface area contributed by atoms with Gasteiger partial charge in [-0.15, -0.1) is 0 Å². The van der Waals surface area contributed by atoms with E-state index in [1.165, 1.54) is 19.2 Å². The van der Waals surface area contributed by atoms with Gasteiger partial charge in [-0.2, -0.15) is 0 Å². The number of carbonyl (C=O) groups is 1. The van der Waals surface area contributed by atoms with Crippen molar-refractivity contribution in [2.45, 2.75) is 6.42 Å². The molecule has 1 amide bonds. The number of thiocarbonyl (C=S) groups is 1. The molecule has 0 heterocycles. The van der Waals surface area contributed by atoms with Gasteiger partial charge in [-0.25, -0.2) is 0 Å². The van der Waals surface area contributed by atoms with Crippen LogP contribution in [-0.4, -0.2) is 23.1 Å². The van der Waals surface area contributed by atoms with Crippen molar-refractivity contribution in [1.29, 1.82) is 0 Å². The molecule has 0 radical (unpaired) electrons. The van der Waals surface area contributed by atoms with E-state index in [1.54, 1.807) is 0 Å². The van der Waals surface area contributed by atoms with Crippen LogP contribution in [0.5, 0.6) is 0 Å². The summed E-state index contributed by atoms with van der Waals surface area (Å²) in [6.07, 6.45) is 3.08. The third kappa shape index (κ3) is 5.24. The molecular formula is C6H9NO2S. The number of aliphatic hydroxyl groups excluding tert-OH is 1. The average molecular weight is 159 g/mol. The normalized spacial score (nSPS) is 9.70. The molecule has 0 saturated carbocycles. The lowest BCUT2D eigenvalue weighted by atomic mass is 10.4. The molecule has 0 rings (SSSR count). The molecule has 0 bridgehead atoms. The fourth-order valence-electron chi connectivity index (χ4n) is 0.350. The van der Waals surface area contributed by atoms with Crippen molar-refractivity contribution in [2.75, 3.05) is 7.05 Å². The van der Waals surface area contributed by atoms with Gasteiger partial charge in [0.2, 0.25) is 5.91 Å². The zero-order valence-corrected chi connectivity index (χ0v) is 6.44. The molecule has 0 saturated heterocycles. The predicted molar refractivity (Wildman–Crippen MR) is 43.1 cm³/mol. The summed E-state index contributed by atoms with van der Waals surface area (Å²) in [6.45, 7) is 0. The molecule has 0 aromatic carbocycles. The highest BCUT2D eigenvalue weighted by atomic mass is 32.1. The summed E-state index contributed by atoms with van der Waals surface area (Å²) in [5.74, 6) is -0.198. The molecule has 0 aromatic heterocycles. The fourth-order valence-corrected chi connectivity index (χ4v) is 0.446. The van der Waals surface area contributed by atoms with Gasteiger partial charge in [0.25, 0.3) is 0 Å². The molecule has 2 N–H and O–H groups in total. The lowest BCUT2D eigenvalue weighted by Gasteiger charge is -1.88. The van der Waals surface area contributed by atoms with E-state index < -0.39 is 0 Å². The Morgan fingerprint density at radius 2 is 2.40 bits per heavy atom. The van der Waals surface area contributed by atoms with Gasteiger partial charge in [-0.1, -0.05) is 6.08 Å². The summed E-state index contributed by atoms with van der Waals surface area (Å²) in [5, 5.41) is 10.8. The molecular weight excluding hydrogens is 150 g/mol. The Morgan fingerprint density at radius 1 is 1.80 bits per heavy atom. The molecule has 0 spiro atoms. The maximum atomic E-state index is 10.5. The molecule has 4 heteroatoms. The summed E-state index contributed by atoms with van der Waals surface area (Å²) in [4.78, 5) is 10.5. The Morgan fingerprint density at radius 3 is 2.80 bits per heavy atom. The molecule has 10 heavy (non-hydrogen) atoms. The standard InChI is InChI=1S/C6H9NO2S/c1-7-5(8)3-2-4-6(9)10/h2-3H,4H2,1H3,(H,7,8)(H,9,10). The van der Waals surface area contributed by atoms with Gasteiger partial charge in [0.1, 0.15) is 0 Å². The molecule has 0 aliphatic rings. The van der Waals surface area contributed by atoms with Crippen molar-refractivity contribution >= 4 is 23.2 Å². The second-order valence-electron chi connectivity index (χ2n) is 1.61. The van der Waals surface area contributed by atoms with Crippen molar-refractivity contribution in [3.8, 4) is 0 Å². The van der Waals surface area contributed by atoms with Gasteiger partial charge in [0.15, 0.2) is 5.05 Å². The van der Waals surface area contributed by atoms with Crippen molar-refractivity contribution in [3.63, 3.8) is 0 Å². The third-order valence-electron chi connectivity index (χ3n) is 0.808. The number of hydrogen-bond acceptors (Lipinski definition) is 2. The molecule has 0 fully saturated rings. The van der Waals surface area contributed by atoms with E-state index in [0.717, 1.165) is 0 Å². The zero-order chi connectivity index (χ0) is 7.98. The lowest BCUT2D eigenvalue weighted by molar-refractivity contribution is -0.116. The molecule has 0 aromatic rings. The van der Waals surface area contributed by atoms with E-state index in [2.05, 4.69) is 17.5 Å². The second kappa shape index (κ2) is 4.93. The first-order valence-corrected chi connectivity index (χ1v) is 3.17. The van der Waals surface area contributed by atoms with E-state index in [9.17, 15) is 4.79 Å². The summed E-state index contributed by atoms with van der Waals surface area (Å²) in [5.41, 5.74) is 0. The molecule has 3 nitrogen and oxygen atoms in total. The smallest absolute Gasteiger partial charge is 0.243 e. The molecule has 0 aliphatic heterocycles. The number of amides is 1. The predicted octanol–water partition coefficient (Wildman–Crippen LogP) is 0.564. The van der Waals surface area contributed by atoms with E-state index in [1.807, 2.05) is 0 Å². The number of aliphatic hydroxyl groups is 1. The highest BCUT2D eigenvalue weighted by Crippen LogP contribution is 1.84. The van der Waals surface area contributed by atoms with Crippen molar-refractivity contribution in [3.05, 3.63) is 12.2 Å². The summed E-state index contributed by atoms with van der Waals surface area (Å²) < 4.78 is 0. The van der Waals surface area contributed by atoms with E-state index in [-0.39, 0.29) is 17.4 Å². The Bertz CT molecular complexity index is 165. The number of rotatable bonds is 3. The molecule has 56 valence electrons. The van der Waals surface area contributed by atoms with Gasteiger partial charge < -0.3 is 10.4 Å². The van der Waals surface area contributed by atoms with Crippen molar-refractivity contribution in [2.24, 2.45) is 0 Å². The van der Waals surface area contributed by atoms with Gasteiger partial charge >= 0.3 is 0 Å². The van der Waals surface area contributed by atoms with Crippen LogP contribution in [0, 0.1) is 0 Å². The van der Waals surface area contributed by atoms with Crippen LogP contribution >= 0.6 is 12.2 Å². The summed E-state index contributed by atoms with van der Waals surface area (Å²) in [7, 11) is 1.53. The van der Waals surface area contributed by atoms with Crippen molar-refractivity contribution in [1.82, 2.24) is 5.32 Å². The van der Waals surface area contributed by atoms with Crippen LogP contribution in [0.15, 0.2) is 12.2 Å². The van der Waals surface area contributed by atoms with E-state index in [4.69, 9.17) is 5.11 Å². The van der Waals surface area contributed by atoms with Gasteiger partial charge in [-0.05, 0) is 18.3 Å². The highest BCUT2D eigenvalue weighted by Gasteiger charge is 1.88. The Kier molecular flexibility index (Phi) is 4.49. The summed E-state index contributed by atoms with van der Waals surface area (Å²) >= 11 is 4.36. The van der Waals surface area contributed by atoms with Crippen molar-refractivity contribution < 1.29 is 9.90 Å². The highest BCUT2D eigenvalue weighted by molar-refractivity contribution is 7.80. The first-order chi connectivity index (χ1) is 4.66. The minimum Gasteiger partial charge on any atom is -0.502 e. The maximum absolute atomic E-state index is 10.5. The number of hydrogen-bond donors (Lipinski definition) is 2. The van der Waals surface area contributed by atoms with Crippen LogP contribution < -0.4 is 5.32 Å². The SMILES string of the molecule is CNC(=O)C=CCC(O)=S. The first kappa shape index (κ1) is 9.10. The maximum Gasteiger partial charge on any atom is 0.243 e. The number of likely N-dealkylation sites (N-methyl/N-ethyl adjacent to an activating group) is 1. The van der Waals surface area contributed by atoms with Gasteiger partial charge in [-0.3, -0.25) is 4.79 Å². The molecule has 0 aliphatic carbocycles. The molecule has 0 atom stereocenters. The van der Waals surface area contributed by atoms with Crippen LogP contribution in [0.25, 0.3) is 0 Å². The number of carbonyl (C=O) groups excluding carboxylic acids is 1. The molecule has 0 unspecified atom stereocenters. The number of nitrogens with one attached hydrogen (secondary N) is 1. The Labute approximate surface area is 64.7 Å². The fraction of sp³-hybridized carbons (Fsp3) is 0.333. The van der Waals surface area contributed by atoms with Crippen LogP contribution in [0.4, 0.5) is 0 Å². The second-order valence-corrected chi connectivity index (χ2v) is 2.09. The van der Waals surface area contributed by atoms with E-state index >= 15 is 0 Å². The minimum absolute atomic E-state index is 0.111. The van der Waals surface area contributed by atoms with Crippen LogP contribution in [0.1, 0.15) is 6.42 Å². The topological polar surface area (TPSA) is 49.3 Å². The van der Waals surface area contributed by atoms with Gasteiger partial charge in [0, 0.05) is 13.5 Å². The van der Waals surface area contributed by atoms with Crippen LogP contribution in [0.2, 0.25) is 0 Å². The first-order valence-electron chi connectivity index (χ1n) is 2.77. The quantitative estimate of drug-likeness (QED) is 0.467. The zero-order valence-electron chi connectivity index (χ0n) is 5.63. The van der Waals surface area contributed by atoms with Crippen LogP contribution in [-0.2, 0) is 4.79 Å². The third-order valence-corrected chi connectivity index (χ3v) is 0.975. The largest absolute Gasteiger partial charge is 0.502 e. The lowest BCUT2D eigenvalue weighted by Crippen LogP contribution is -2.14. The van der Waals surface area contributed by atoms with Crippen LogP contribution in [0.3, 0.4) is 0 Å².